The minimum absolute atomic E-state index is 0.0831. The van der Waals surface area contributed by atoms with Gasteiger partial charge in [0.15, 0.2) is 0 Å². The van der Waals surface area contributed by atoms with Crippen LogP contribution in [0.4, 0.5) is 11.4 Å². The third kappa shape index (κ3) is 4.83. The van der Waals surface area contributed by atoms with Crippen molar-refractivity contribution >= 4 is 11.4 Å². The maximum absolute atomic E-state index is 6.79. The number of benzene rings is 5. The molecule has 0 aliphatic heterocycles. The highest BCUT2D eigenvalue weighted by atomic mass is 14.6. The second-order valence-corrected chi connectivity index (χ2v) is 11.3. The molecule has 4 bridgehead atoms. The summed E-state index contributed by atoms with van der Waals surface area (Å²) in [5.41, 5.74) is 27.7. The largest absolute Gasteiger partial charge is 0.398 e. The highest BCUT2D eigenvalue weighted by molar-refractivity contribution is 5.61. The van der Waals surface area contributed by atoms with Gasteiger partial charge in [-0.25, -0.2) is 0 Å². The first-order valence-electron chi connectivity index (χ1n) is 13.9. The summed E-state index contributed by atoms with van der Waals surface area (Å²) in [5.74, 6) is 0.327. The first-order chi connectivity index (χ1) is 18.9. The van der Waals surface area contributed by atoms with Crippen LogP contribution in [0.1, 0.15) is 79.8 Å². The second kappa shape index (κ2) is 10.1. The van der Waals surface area contributed by atoms with E-state index >= 15 is 0 Å². The van der Waals surface area contributed by atoms with E-state index in [1.54, 1.807) is 0 Å². The van der Waals surface area contributed by atoms with Gasteiger partial charge in [0, 0.05) is 29.1 Å². The summed E-state index contributed by atoms with van der Waals surface area (Å²) in [6, 6.07) is 40.1. The molecule has 0 aromatic heterocycles. The molecule has 0 fully saturated rings. The predicted octanol–water partition coefficient (Wildman–Crippen LogP) is 8.62. The van der Waals surface area contributed by atoms with Gasteiger partial charge in [0.1, 0.15) is 0 Å². The fourth-order valence-corrected chi connectivity index (χ4v) is 6.20. The van der Waals surface area contributed by atoms with E-state index in [1.807, 2.05) is 0 Å². The molecule has 1 aliphatic rings. The molecular formula is C37H36N2. The van der Waals surface area contributed by atoms with Crippen molar-refractivity contribution in [1.29, 1.82) is 0 Å². The Balaban J connectivity index is 1.64. The lowest BCUT2D eigenvalue weighted by Gasteiger charge is -2.31. The number of hydrogen-bond donors (Lipinski definition) is 2. The van der Waals surface area contributed by atoms with Gasteiger partial charge in [-0.15, -0.1) is 0 Å². The Morgan fingerprint density at radius 1 is 0.436 bits per heavy atom. The Labute approximate surface area is 232 Å². The van der Waals surface area contributed by atoms with Crippen molar-refractivity contribution in [3.05, 3.63) is 165 Å². The molecule has 0 saturated heterocycles. The van der Waals surface area contributed by atoms with Gasteiger partial charge in [-0.3, -0.25) is 0 Å². The molecule has 5 aromatic rings. The molecule has 1 aliphatic carbocycles. The zero-order chi connectivity index (χ0) is 27.1. The number of nitrogen functional groups attached to an aromatic ring is 2. The van der Waals surface area contributed by atoms with Crippen molar-refractivity contribution in [2.75, 3.05) is 11.5 Å². The fraction of sp³-hybridized carbons (Fsp3) is 0.189. The summed E-state index contributed by atoms with van der Waals surface area (Å²) >= 11 is 0. The van der Waals surface area contributed by atoms with Crippen molar-refractivity contribution in [1.82, 2.24) is 0 Å². The van der Waals surface area contributed by atoms with Crippen LogP contribution in [0.3, 0.4) is 0 Å². The first-order valence-corrected chi connectivity index (χ1v) is 13.9. The second-order valence-electron chi connectivity index (χ2n) is 11.3. The molecular weight excluding hydrogens is 472 g/mol. The number of rotatable bonds is 3. The Morgan fingerprint density at radius 2 is 0.769 bits per heavy atom. The van der Waals surface area contributed by atoms with Crippen molar-refractivity contribution < 1.29 is 0 Å². The van der Waals surface area contributed by atoms with Gasteiger partial charge in [-0.05, 0) is 78.3 Å². The lowest BCUT2D eigenvalue weighted by atomic mass is 9.73. The Kier molecular flexibility index (Phi) is 6.48. The van der Waals surface area contributed by atoms with Gasteiger partial charge < -0.3 is 11.5 Å². The summed E-state index contributed by atoms with van der Waals surface area (Å²) in [4.78, 5) is 0. The number of aryl methyl sites for hydroxylation is 3. The average Bonchev–Trinajstić information content (AvgIpc) is 2.94. The molecule has 0 heterocycles. The summed E-state index contributed by atoms with van der Waals surface area (Å²) in [6.45, 7) is 6.41. The van der Waals surface area contributed by atoms with E-state index in [4.69, 9.17) is 11.5 Å². The van der Waals surface area contributed by atoms with Crippen LogP contribution in [0.2, 0.25) is 0 Å². The molecule has 0 radical (unpaired) electrons. The quantitative estimate of drug-likeness (QED) is 0.240. The molecule has 2 unspecified atom stereocenters. The molecule has 6 rings (SSSR count). The number of hydrogen-bond acceptors (Lipinski definition) is 2. The van der Waals surface area contributed by atoms with E-state index < -0.39 is 0 Å². The van der Waals surface area contributed by atoms with E-state index in [9.17, 15) is 0 Å². The molecule has 0 amide bonds. The van der Waals surface area contributed by atoms with Crippen LogP contribution in [0.25, 0.3) is 0 Å². The van der Waals surface area contributed by atoms with Gasteiger partial charge >= 0.3 is 0 Å². The topological polar surface area (TPSA) is 52.0 Å². The molecule has 2 atom stereocenters. The zero-order valence-electron chi connectivity index (χ0n) is 23.0. The SMILES string of the molecule is Cc1ccc(C2CC(c3ccc(C)cc3)c3cc(ccc3N)C(c3ccc(C)cc3)c3ccc(N)c2c3)cc1. The third-order valence-corrected chi connectivity index (χ3v) is 8.48. The van der Waals surface area contributed by atoms with E-state index in [1.165, 1.54) is 55.6 Å². The van der Waals surface area contributed by atoms with Gasteiger partial charge in [0.05, 0.1) is 0 Å². The van der Waals surface area contributed by atoms with E-state index in [0.717, 1.165) is 17.8 Å². The molecule has 0 spiro atoms. The van der Waals surface area contributed by atoms with E-state index in [-0.39, 0.29) is 17.8 Å². The van der Waals surface area contributed by atoms with E-state index in [0.29, 0.717) is 0 Å². The lowest BCUT2D eigenvalue weighted by Crippen LogP contribution is -2.16. The molecule has 2 nitrogen and oxygen atoms in total. The summed E-state index contributed by atoms with van der Waals surface area (Å²) < 4.78 is 0. The molecule has 5 aromatic carbocycles. The smallest absolute Gasteiger partial charge is 0.0353 e. The van der Waals surface area contributed by atoms with Gasteiger partial charge in [0.2, 0.25) is 0 Å². The lowest BCUT2D eigenvalue weighted by molar-refractivity contribution is 0.642. The fourth-order valence-electron chi connectivity index (χ4n) is 6.20. The molecule has 4 N–H and O–H groups in total. The normalized spacial score (nSPS) is 18.5. The van der Waals surface area contributed by atoms with Gasteiger partial charge in [-0.2, -0.15) is 0 Å². The minimum Gasteiger partial charge on any atom is -0.398 e. The Hall–Kier alpha value is -4.30. The van der Waals surface area contributed by atoms with Crippen LogP contribution in [0, 0.1) is 20.8 Å². The van der Waals surface area contributed by atoms with Crippen molar-refractivity contribution in [2.24, 2.45) is 0 Å². The van der Waals surface area contributed by atoms with Crippen LogP contribution in [0.5, 0.6) is 0 Å². The summed E-state index contributed by atoms with van der Waals surface area (Å²) in [5, 5.41) is 0. The zero-order valence-corrected chi connectivity index (χ0v) is 23.0. The molecule has 2 heteroatoms. The van der Waals surface area contributed by atoms with E-state index in [2.05, 4.69) is 130 Å². The molecule has 194 valence electrons. The number of fused-ring (bicyclic) bond motifs is 4. The average molecular weight is 509 g/mol. The highest BCUT2D eigenvalue weighted by Gasteiger charge is 2.29. The maximum atomic E-state index is 6.79. The van der Waals surface area contributed by atoms with Crippen molar-refractivity contribution in [2.45, 2.75) is 44.9 Å². The van der Waals surface area contributed by atoms with Crippen LogP contribution in [-0.4, -0.2) is 0 Å². The third-order valence-electron chi connectivity index (χ3n) is 8.48. The van der Waals surface area contributed by atoms with Crippen LogP contribution in [-0.2, 0) is 0 Å². The van der Waals surface area contributed by atoms with Gasteiger partial charge in [0.25, 0.3) is 0 Å². The van der Waals surface area contributed by atoms with Crippen molar-refractivity contribution in [3.8, 4) is 0 Å². The Morgan fingerprint density at radius 3 is 1.15 bits per heavy atom. The standard InChI is InChI=1S/C37H36N2/c1-23-4-10-26(11-5-23)31-22-32(27-12-6-24(2)7-13-27)34-21-30(17-19-36(34)39)37(28-14-8-25(3)9-15-28)29-16-18-35(38)33(31)20-29/h4-21,31-32,37H,22,38-39H2,1-3H3. The molecule has 0 saturated carbocycles. The molecule has 39 heavy (non-hydrogen) atoms. The number of anilines is 2. The summed E-state index contributed by atoms with van der Waals surface area (Å²) in [7, 11) is 0. The van der Waals surface area contributed by atoms with Crippen LogP contribution >= 0.6 is 0 Å². The van der Waals surface area contributed by atoms with Crippen molar-refractivity contribution in [3.63, 3.8) is 0 Å². The van der Waals surface area contributed by atoms with Gasteiger partial charge in [-0.1, -0.05) is 114 Å². The Bertz CT molecular complexity index is 1510. The maximum Gasteiger partial charge on any atom is 0.0353 e. The van der Waals surface area contributed by atoms with Crippen LogP contribution < -0.4 is 11.5 Å². The summed E-state index contributed by atoms with van der Waals surface area (Å²) in [6.07, 6.45) is 0.878. The highest BCUT2D eigenvalue weighted by Crippen LogP contribution is 2.46. The first kappa shape index (κ1) is 25.0. The number of nitrogens with two attached hydrogens (primary N) is 2. The monoisotopic (exact) mass is 508 g/mol. The predicted molar refractivity (Wildman–Crippen MR) is 164 cm³/mol. The minimum atomic E-state index is 0.0831. The van der Waals surface area contributed by atoms with Crippen LogP contribution in [0.15, 0.2) is 109 Å².